The molecule has 2 heterocycles. The standard InChI is InChI=1S/C14H18ClN3O2/c1-10(2)6-13(19)18-5-3-4-12(9-18)20-14-16-7-11(15)8-17-14/h6-8,12H,3-5,9H2,1-2H3/t12-/m1/s1. The van der Waals surface area contributed by atoms with Gasteiger partial charge in [0.15, 0.2) is 0 Å². The van der Waals surface area contributed by atoms with E-state index in [4.69, 9.17) is 16.3 Å². The molecule has 0 bridgehead atoms. The molecule has 1 atom stereocenters. The summed E-state index contributed by atoms with van der Waals surface area (Å²) in [6, 6.07) is 0.302. The normalized spacial score (nSPS) is 18.6. The average Bonchev–Trinajstić information content (AvgIpc) is 2.41. The first-order valence-corrected chi connectivity index (χ1v) is 7.00. The van der Waals surface area contributed by atoms with Gasteiger partial charge in [0, 0.05) is 12.6 Å². The number of allylic oxidation sites excluding steroid dienone is 1. The predicted octanol–water partition coefficient (Wildman–Crippen LogP) is 2.47. The van der Waals surface area contributed by atoms with Gasteiger partial charge in [-0.2, -0.15) is 0 Å². The van der Waals surface area contributed by atoms with Gasteiger partial charge in [-0.1, -0.05) is 17.2 Å². The van der Waals surface area contributed by atoms with Crippen LogP contribution >= 0.6 is 11.6 Å². The number of hydrogen-bond acceptors (Lipinski definition) is 4. The topological polar surface area (TPSA) is 55.3 Å². The maximum Gasteiger partial charge on any atom is 0.316 e. The summed E-state index contributed by atoms with van der Waals surface area (Å²) in [5.41, 5.74) is 0.999. The Balaban J connectivity index is 1.95. The zero-order chi connectivity index (χ0) is 14.5. The average molecular weight is 296 g/mol. The van der Waals surface area contributed by atoms with Crippen molar-refractivity contribution in [3.63, 3.8) is 0 Å². The molecule has 0 aliphatic carbocycles. The molecular formula is C14H18ClN3O2. The Morgan fingerprint density at radius 1 is 1.45 bits per heavy atom. The molecule has 2 rings (SSSR count). The van der Waals surface area contributed by atoms with Crippen LogP contribution in [0.4, 0.5) is 0 Å². The molecule has 1 amide bonds. The minimum atomic E-state index is -0.0700. The Morgan fingerprint density at radius 3 is 2.80 bits per heavy atom. The second kappa shape index (κ2) is 6.70. The molecule has 1 aliphatic heterocycles. The van der Waals surface area contributed by atoms with E-state index in [9.17, 15) is 4.79 Å². The van der Waals surface area contributed by atoms with Gasteiger partial charge >= 0.3 is 6.01 Å². The molecule has 5 nitrogen and oxygen atoms in total. The molecule has 1 aromatic heterocycles. The first-order chi connectivity index (χ1) is 9.54. The van der Waals surface area contributed by atoms with Crippen LogP contribution in [0.25, 0.3) is 0 Å². The first-order valence-electron chi connectivity index (χ1n) is 6.62. The SMILES string of the molecule is CC(C)=CC(=O)N1CCC[C@@H](Oc2ncc(Cl)cn2)C1. The number of halogens is 1. The van der Waals surface area contributed by atoms with Crippen molar-refractivity contribution in [2.45, 2.75) is 32.8 Å². The van der Waals surface area contributed by atoms with Crippen molar-refractivity contribution in [3.05, 3.63) is 29.1 Å². The molecule has 6 heteroatoms. The highest BCUT2D eigenvalue weighted by Crippen LogP contribution is 2.16. The summed E-state index contributed by atoms with van der Waals surface area (Å²) in [5, 5.41) is 0.473. The fourth-order valence-corrected chi connectivity index (χ4v) is 2.18. The summed E-state index contributed by atoms with van der Waals surface area (Å²) >= 11 is 5.73. The number of nitrogens with zero attached hydrogens (tertiary/aromatic N) is 3. The Hall–Kier alpha value is -1.62. The third-order valence-corrected chi connectivity index (χ3v) is 3.17. The third kappa shape index (κ3) is 4.20. The number of ether oxygens (including phenoxy) is 1. The largest absolute Gasteiger partial charge is 0.458 e. The number of amides is 1. The quantitative estimate of drug-likeness (QED) is 0.804. The number of carbonyl (C=O) groups is 1. The second-order valence-corrected chi connectivity index (χ2v) is 5.51. The molecule has 1 fully saturated rings. The summed E-state index contributed by atoms with van der Waals surface area (Å²) in [7, 11) is 0. The molecule has 0 aromatic carbocycles. The van der Waals surface area contributed by atoms with E-state index in [0.717, 1.165) is 25.0 Å². The monoisotopic (exact) mass is 295 g/mol. The van der Waals surface area contributed by atoms with Crippen molar-refractivity contribution in [2.24, 2.45) is 0 Å². The highest BCUT2D eigenvalue weighted by atomic mass is 35.5. The van der Waals surface area contributed by atoms with Gasteiger partial charge in [0.1, 0.15) is 6.10 Å². The number of aromatic nitrogens is 2. The van der Waals surface area contributed by atoms with Gasteiger partial charge in [0.2, 0.25) is 5.91 Å². The van der Waals surface area contributed by atoms with Gasteiger partial charge < -0.3 is 9.64 Å². The van der Waals surface area contributed by atoms with Crippen molar-refractivity contribution in [1.82, 2.24) is 14.9 Å². The minimum absolute atomic E-state index is 0.0373. The van der Waals surface area contributed by atoms with Crippen LogP contribution in [0.15, 0.2) is 24.0 Å². The second-order valence-electron chi connectivity index (χ2n) is 5.07. The zero-order valence-electron chi connectivity index (χ0n) is 11.7. The van der Waals surface area contributed by atoms with E-state index in [-0.39, 0.29) is 12.0 Å². The van der Waals surface area contributed by atoms with Crippen LogP contribution < -0.4 is 4.74 Å². The van der Waals surface area contributed by atoms with E-state index in [1.807, 2.05) is 13.8 Å². The van der Waals surface area contributed by atoms with Gasteiger partial charge in [-0.15, -0.1) is 0 Å². The van der Waals surface area contributed by atoms with Gasteiger partial charge in [0.25, 0.3) is 0 Å². The minimum Gasteiger partial charge on any atom is -0.458 e. The molecule has 108 valence electrons. The lowest BCUT2D eigenvalue weighted by Crippen LogP contribution is -2.44. The van der Waals surface area contributed by atoms with Crippen molar-refractivity contribution in [1.29, 1.82) is 0 Å². The molecule has 0 unspecified atom stereocenters. The molecule has 0 N–H and O–H groups in total. The number of likely N-dealkylation sites (tertiary alicyclic amines) is 1. The Morgan fingerprint density at radius 2 is 2.15 bits per heavy atom. The van der Waals surface area contributed by atoms with E-state index in [0.29, 0.717) is 17.6 Å². The van der Waals surface area contributed by atoms with Crippen molar-refractivity contribution in [2.75, 3.05) is 13.1 Å². The van der Waals surface area contributed by atoms with Gasteiger partial charge in [0.05, 0.1) is 24.0 Å². The lowest BCUT2D eigenvalue weighted by molar-refractivity contribution is -0.128. The number of hydrogen-bond donors (Lipinski definition) is 0. The maximum absolute atomic E-state index is 12.0. The van der Waals surface area contributed by atoms with E-state index in [2.05, 4.69) is 9.97 Å². The molecule has 0 radical (unpaired) electrons. The molecule has 1 saturated heterocycles. The summed E-state index contributed by atoms with van der Waals surface area (Å²) in [6.45, 7) is 5.16. The molecule has 0 spiro atoms. The summed E-state index contributed by atoms with van der Waals surface area (Å²) in [4.78, 5) is 21.8. The van der Waals surface area contributed by atoms with Crippen LogP contribution in [0.3, 0.4) is 0 Å². The number of piperidine rings is 1. The molecule has 1 aromatic rings. The van der Waals surface area contributed by atoms with E-state index in [1.54, 1.807) is 11.0 Å². The third-order valence-electron chi connectivity index (χ3n) is 2.97. The molecule has 1 aliphatic rings. The fourth-order valence-electron chi connectivity index (χ4n) is 2.08. The van der Waals surface area contributed by atoms with Gasteiger partial charge in [-0.25, -0.2) is 9.97 Å². The smallest absolute Gasteiger partial charge is 0.316 e. The lowest BCUT2D eigenvalue weighted by Gasteiger charge is -2.31. The van der Waals surface area contributed by atoms with Gasteiger partial charge in [-0.3, -0.25) is 4.79 Å². The summed E-state index contributed by atoms with van der Waals surface area (Å²) in [6.07, 6.45) is 6.39. The van der Waals surface area contributed by atoms with E-state index >= 15 is 0 Å². The summed E-state index contributed by atoms with van der Waals surface area (Å²) in [5.74, 6) is 0.0373. The molecule has 0 saturated carbocycles. The van der Waals surface area contributed by atoms with Crippen molar-refractivity contribution < 1.29 is 9.53 Å². The lowest BCUT2D eigenvalue weighted by atomic mass is 10.1. The Kier molecular flexibility index (Phi) is 4.95. The highest BCUT2D eigenvalue weighted by Gasteiger charge is 2.24. The highest BCUT2D eigenvalue weighted by molar-refractivity contribution is 6.30. The van der Waals surface area contributed by atoms with Crippen LogP contribution in [0.2, 0.25) is 5.02 Å². The van der Waals surface area contributed by atoms with Crippen LogP contribution in [0.5, 0.6) is 6.01 Å². The first kappa shape index (κ1) is 14.8. The zero-order valence-corrected chi connectivity index (χ0v) is 12.4. The molecular weight excluding hydrogens is 278 g/mol. The number of rotatable bonds is 3. The molecule has 20 heavy (non-hydrogen) atoms. The Bertz CT molecular complexity index is 498. The van der Waals surface area contributed by atoms with Crippen LogP contribution in [0.1, 0.15) is 26.7 Å². The van der Waals surface area contributed by atoms with Crippen LogP contribution in [0, 0.1) is 0 Å². The number of carbonyl (C=O) groups excluding carboxylic acids is 1. The van der Waals surface area contributed by atoms with Gasteiger partial charge in [-0.05, 0) is 26.7 Å². The maximum atomic E-state index is 12.0. The summed E-state index contributed by atoms with van der Waals surface area (Å²) < 4.78 is 5.70. The van der Waals surface area contributed by atoms with E-state index in [1.165, 1.54) is 12.4 Å². The van der Waals surface area contributed by atoms with Crippen LogP contribution in [-0.2, 0) is 4.79 Å². The van der Waals surface area contributed by atoms with Crippen LogP contribution in [-0.4, -0.2) is 40.0 Å². The predicted molar refractivity (Wildman–Crippen MR) is 76.7 cm³/mol. The fraction of sp³-hybridized carbons (Fsp3) is 0.500. The van der Waals surface area contributed by atoms with Crippen molar-refractivity contribution in [3.8, 4) is 6.01 Å². The van der Waals surface area contributed by atoms with E-state index < -0.39 is 0 Å². The van der Waals surface area contributed by atoms with Crippen molar-refractivity contribution >= 4 is 17.5 Å². The Labute approximate surface area is 123 Å².